The van der Waals surface area contributed by atoms with Crippen molar-refractivity contribution in [3.8, 4) is 0 Å². The number of carbonyl (C=O) groups excluding carboxylic acids is 1. The third-order valence-electron chi connectivity index (χ3n) is 3.56. The first-order chi connectivity index (χ1) is 10.3. The largest absolute Gasteiger partial charge is 0.468 e. The van der Waals surface area contributed by atoms with Crippen molar-refractivity contribution in [3.63, 3.8) is 0 Å². The average molecular weight is 306 g/mol. The molecule has 0 aliphatic carbocycles. The molecule has 6 nitrogen and oxygen atoms in total. The van der Waals surface area contributed by atoms with Gasteiger partial charge in [0.1, 0.15) is 5.76 Å². The molecule has 3 rings (SSSR count). The van der Waals surface area contributed by atoms with Crippen LogP contribution in [0, 0.1) is 0 Å². The van der Waals surface area contributed by atoms with Crippen LogP contribution in [-0.2, 0) is 0 Å². The molecule has 2 amide bonds. The summed E-state index contributed by atoms with van der Waals surface area (Å²) in [5.74, 6) is 0.895. The van der Waals surface area contributed by atoms with Crippen LogP contribution in [0.3, 0.4) is 0 Å². The summed E-state index contributed by atoms with van der Waals surface area (Å²) in [7, 11) is 0. The van der Waals surface area contributed by atoms with Gasteiger partial charge in [-0.1, -0.05) is 0 Å². The topological polar surface area (TPSA) is 70.4 Å². The van der Waals surface area contributed by atoms with Gasteiger partial charge < -0.3 is 9.73 Å². The van der Waals surface area contributed by atoms with Crippen molar-refractivity contribution >= 4 is 22.5 Å². The van der Waals surface area contributed by atoms with Gasteiger partial charge in [0.15, 0.2) is 5.13 Å². The van der Waals surface area contributed by atoms with Crippen molar-refractivity contribution in [1.82, 2.24) is 15.2 Å². The van der Waals surface area contributed by atoms with Crippen molar-refractivity contribution in [2.75, 3.05) is 25.0 Å². The lowest BCUT2D eigenvalue weighted by atomic mass is 10.2. The normalized spacial score (nSPS) is 16.8. The van der Waals surface area contributed by atoms with Crippen LogP contribution in [0.1, 0.15) is 24.6 Å². The van der Waals surface area contributed by atoms with Gasteiger partial charge in [-0.15, -0.1) is 11.3 Å². The van der Waals surface area contributed by atoms with Crippen molar-refractivity contribution in [2.45, 2.75) is 18.9 Å². The second kappa shape index (κ2) is 6.73. The quantitative estimate of drug-likeness (QED) is 0.891. The maximum absolute atomic E-state index is 11.9. The summed E-state index contributed by atoms with van der Waals surface area (Å²) < 4.78 is 5.52. The molecule has 7 heteroatoms. The van der Waals surface area contributed by atoms with Crippen LogP contribution in [-0.4, -0.2) is 35.5 Å². The van der Waals surface area contributed by atoms with Crippen molar-refractivity contribution in [3.05, 3.63) is 35.7 Å². The molecule has 0 radical (unpaired) electrons. The van der Waals surface area contributed by atoms with Crippen LogP contribution in [0.25, 0.3) is 0 Å². The van der Waals surface area contributed by atoms with Crippen LogP contribution in [0.2, 0.25) is 0 Å². The van der Waals surface area contributed by atoms with Crippen molar-refractivity contribution < 1.29 is 9.21 Å². The molecule has 1 aliphatic heterocycles. The number of hydrogen-bond acceptors (Lipinski definition) is 5. The number of carbonyl (C=O) groups is 1. The van der Waals surface area contributed by atoms with Gasteiger partial charge in [0, 0.05) is 18.1 Å². The molecule has 0 bridgehead atoms. The summed E-state index contributed by atoms with van der Waals surface area (Å²) in [5.41, 5.74) is 0. The highest BCUT2D eigenvalue weighted by Crippen LogP contribution is 2.24. The van der Waals surface area contributed by atoms with E-state index in [0.717, 1.165) is 18.8 Å². The number of aromatic nitrogens is 1. The molecule has 0 aromatic carbocycles. The Balaban J connectivity index is 1.58. The molecular formula is C14H18N4O2S. The number of nitrogens with one attached hydrogen (secondary N) is 2. The van der Waals surface area contributed by atoms with Crippen LogP contribution < -0.4 is 10.6 Å². The highest BCUT2D eigenvalue weighted by atomic mass is 32.1. The van der Waals surface area contributed by atoms with Gasteiger partial charge in [-0.25, -0.2) is 9.78 Å². The van der Waals surface area contributed by atoms with E-state index < -0.39 is 0 Å². The number of amides is 2. The Morgan fingerprint density at radius 1 is 1.48 bits per heavy atom. The number of urea groups is 1. The molecule has 2 N–H and O–H groups in total. The first-order valence-corrected chi connectivity index (χ1v) is 7.93. The van der Waals surface area contributed by atoms with Gasteiger partial charge in [0.2, 0.25) is 0 Å². The molecule has 1 unspecified atom stereocenters. The summed E-state index contributed by atoms with van der Waals surface area (Å²) >= 11 is 1.40. The van der Waals surface area contributed by atoms with Gasteiger partial charge >= 0.3 is 6.03 Å². The molecule has 1 atom stereocenters. The van der Waals surface area contributed by atoms with E-state index in [2.05, 4.69) is 20.5 Å². The lowest BCUT2D eigenvalue weighted by Crippen LogP contribution is -2.38. The van der Waals surface area contributed by atoms with Gasteiger partial charge in [0.25, 0.3) is 0 Å². The first kappa shape index (κ1) is 14.1. The first-order valence-electron chi connectivity index (χ1n) is 7.05. The van der Waals surface area contributed by atoms with E-state index in [1.165, 1.54) is 24.2 Å². The number of nitrogens with zero attached hydrogens (tertiary/aromatic N) is 2. The molecule has 3 heterocycles. The minimum Gasteiger partial charge on any atom is -0.468 e. The Morgan fingerprint density at radius 2 is 2.33 bits per heavy atom. The maximum Gasteiger partial charge on any atom is 0.321 e. The number of hydrogen-bond donors (Lipinski definition) is 2. The molecule has 1 saturated heterocycles. The monoisotopic (exact) mass is 306 g/mol. The predicted octanol–water partition coefficient (Wildman–Crippen LogP) is 2.69. The predicted molar refractivity (Wildman–Crippen MR) is 81.4 cm³/mol. The second-order valence-corrected chi connectivity index (χ2v) is 5.84. The highest BCUT2D eigenvalue weighted by molar-refractivity contribution is 7.13. The average Bonchev–Trinajstić information content (AvgIpc) is 3.23. The zero-order valence-electron chi connectivity index (χ0n) is 11.6. The molecule has 0 spiro atoms. The minimum atomic E-state index is -0.235. The third kappa shape index (κ3) is 3.62. The maximum atomic E-state index is 11.9. The fourth-order valence-corrected chi connectivity index (χ4v) is 3.08. The van der Waals surface area contributed by atoms with Gasteiger partial charge in [-0.2, -0.15) is 0 Å². The molecule has 0 saturated carbocycles. The Hall–Kier alpha value is -1.86. The molecule has 2 aromatic heterocycles. The Labute approximate surface area is 127 Å². The van der Waals surface area contributed by atoms with Crippen molar-refractivity contribution in [2.24, 2.45) is 0 Å². The van der Waals surface area contributed by atoms with Gasteiger partial charge in [0.05, 0.1) is 12.3 Å². The third-order valence-corrected chi connectivity index (χ3v) is 4.25. The van der Waals surface area contributed by atoms with E-state index >= 15 is 0 Å². The molecule has 1 aliphatic rings. The van der Waals surface area contributed by atoms with Gasteiger partial charge in [-0.05, 0) is 38.1 Å². The van der Waals surface area contributed by atoms with E-state index in [-0.39, 0.29) is 12.1 Å². The molecule has 2 aromatic rings. The van der Waals surface area contributed by atoms with E-state index in [9.17, 15) is 4.79 Å². The Morgan fingerprint density at radius 3 is 3.00 bits per heavy atom. The standard InChI is InChI=1S/C14H18N4O2S/c19-13(17-14-15-5-9-21-14)16-10-11(12-4-3-8-20-12)18-6-1-2-7-18/h3-5,8-9,11H,1-2,6-7,10H2,(H2,15,16,17,19). The van der Waals surface area contributed by atoms with E-state index in [1.807, 2.05) is 17.5 Å². The smallest absolute Gasteiger partial charge is 0.321 e. The zero-order chi connectivity index (χ0) is 14.5. The summed E-state index contributed by atoms with van der Waals surface area (Å²) in [6, 6.07) is 3.70. The molecule has 1 fully saturated rings. The lowest BCUT2D eigenvalue weighted by molar-refractivity contribution is 0.207. The van der Waals surface area contributed by atoms with Gasteiger partial charge in [-0.3, -0.25) is 10.2 Å². The fourth-order valence-electron chi connectivity index (χ4n) is 2.56. The van der Waals surface area contributed by atoms with Crippen LogP contribution in [0.4, 0.5) is 9.93 Å². The van der Waals surface area contributed by atoms with E-state index in [0.29, 0.717) is 11.7 Å². The number of furan rings is 1. The number of anilines is 1. The van der Waals surface area contributed by atoms with Crippen LogP contribution >= 0.6 is 11.3 Å². The summed E-state index contributed by atoms with van der Waals surface area (Å²) in [4.78, 5) is 18.3. The number of thiazole rings is 1. The SMILES string of the molecule is O=C(NCC(c1ccco1)N1CCCC1)Nc1nccs1. The zero-order valence-corrected chi connectivity index (χ0v) is 12.4. The Bertz CT molecular complexity index is 550. The Kier molecular flexibility index (Phi) is 4.52. The van der Waals surface area contributed by atoms with E-state index in [4.69, 9.17) is 4.42 Å². The van der Waals surface area contributed by atoms with Crippen LogP contribution in [0.15, 0.2) is 34.4 Å². The van der Waals surface area contributed by atoms with Crippen molar-refractivity contribution in [1.29, 1.82) is 0 Å². The second-order valence-electron chi connectivity index (χ2n) is 4.95. The molecule has 112 valence electrons. The highest BCUT2D eigenvalue weighted by Gasteiger charge is 2.25. The summed E-state index contributed by atoms with van der Waals surface area (Å²) in [6.45, 7) is 2.60. The molecule has 21 heavy (non-hydrogen) atoms. The fraction of sp³-hybridized carbons (Fsp3) is 0.429. The number of likely N-dealkylation sites (tertiary alicyclic amines) is 1. The lowest BCUT2D eigenvalue weighted by Gasteiger charge is -2.25. The van der Waals surface area contributed by atoms with E-state index in [1.54, 1.807) is 12.5 Å². The van der Waals surface area contributed by atoms with Crippen LogP contribution in [0.5, 0.6) is 0 Å². The minimum absolute atomic E-state index is 0.0875. The molecular weight excluding hydrogens is 288 g/mol. The number of rotatable bonds is 5. The summed E-state index contributed by atoms with van der Waals surface area (Å²) in [5, 5.41) is 8.05. The summed E-state index contributed by atoms with van der Waals surface area (Å²) in [6.07, 6.45) is 5.73.